The van der Waals surface area contributed by atoms with Crippen LogP contribution >= 0.6 is 0 Å². The quantitative estimate of drug-likeness (QED) is 0.583. The smallest absolute Gasteiger partial charge is 0.150 e. The van der Waals surface area contributed by atoms with E-state index < -0.39 is 12.3 Å². The van der Waals surface area contributed by atoms with Gasteiger partial charge in [0, 0.05) is 5.69 Å². The van der Waals surface area contributed by atoms with Crippen LogP contribution in [0.15, 0.2) is 30.3 Å². The van der Waals surface area contributed by atoms with Crippen LogP contribution in [0.3, 0.4) is 0 Å². The molecular weight excluding hydrogens is 154 g/mol. The monoisotopic (exact) mass is 167 g/mol. The molecular formula is C9H13NO2. The van der Waals surface area contributed by atoms with Gasteiger partial charge in [-0.05, 0) is 19.1 Å². The third-order valence-electron chi connectivity index (χ3n) is 1.55. The van der Waals surface area contributed by atoms with Crippen LogP contribution in [-0.2, 0) is 0 Å². The molecule has 0 saturated carbocycles. The van der Waals surface area contributed by atoms with E-state index in [2.05, 4.69) is 5.32 Å². The summed E-state index contributed by atoms with van der Waals surface area (Å²) < 4.78 is 0. The standard InChI is InChI=1S/C9H13NO2/c1-7(11)9(12)10-8-5-3-2-4-6-8/h2-7,9-12H,1H3. The second-order valence-electron chi connectivity index (χ2n) is 2.70. The minimum absolute atomic E-state index is 0.773. The van der Waals surface area contributed by atoms with Crippen LogP contribution in [0.5, 0.6) is 0 Å². The minimum Gasteiger partial charge on any atom is -0.389 e. The fraction of sp³-hybridized carbons (Fsp3) is 0.333. The lowest BCUT2D eigenvalue weighted by Gasteiger charge is -2.16. The van der Waals surface area contributed by atoms with E-state index in [4.69, 9.17) is 5.11 Å². The average Bonchev–Trinajstić information content (AvgIpc) is 2.06. The number of anilines is 1. The summed E-state index contributed by atoms with van der Waals surface area (Å²) in [6.45, 7) is 1.53. The molecule has 0 amide bonds. The van der Waals surface area contributed by atoms with Crippen molar-refractivity contribution in [2.24, 2.45) is 0 Å². The first-order valence-electron chi connectivity index (χ1n) is 3.88. The van der Waals surface area contributed by atoms with Gasteiger partial charge < -0.3 is 15.5 Å². The first-order chi connectivity index (χ1) is 5.70. The zero-order chi connectivity index (χ0) is 8.97. The molecule has 0 bridgehead atoms. The van der Waals surface area contributed by atoms with Crippen molar-refractivity contribution >= 4 is 5.69 Å². The van der Waals surface area contributed by atoms with Crippen LogP contribution < -0.4 is 5.32 Å². The van der Waals surface area contributed by atoms with Crippen molar-refractivity contribution in [2.45, 2.75) is 19.3 Å². The SMILES string of the molecule is CC(O)C(O)Nc1ccccc1. The lowest BCUT2D eigenvalue weighted by atomic mass is 10.3. The van der Waals surface area contributed by atoms with Gasteiger partial charge in [0.25, 0.3) is 0 Å². The Balaban J connectivity index is 2.53. The van der Waals surface area contributed by atoms with Crippen molar-refractivity contribution in [3.05, 3.63) is 30.3 Å². The van der Waals surface area contributed by atoms with E-state index >= 15 is 0 Å². The molecule has 0 radical (unpaired) electrons. The molecule has 0 fully saturated rings. The highest BCUT2D eigenvalue weighted by Crippen LogP contribution is 2.07. The molecule has 0 aliphatic rings. The van der Waals surface area contributed by atoms with Gasteiger partial charge in [-0.25, -0.2) is 0 Å². The Morgan fingerprint density at radius 2 is 1.75 bits per heavy atom. The van der Waals surface area contributed by atoms with E-state index in [0.717, 1.165) is 5.69 Å². The third-order valence-corrected chi connectivity index (χ3v) is 1.55. The second kappa shape index (κ2) is 4.09. The summed E-state index contributed by atoms with van der Waals surface area (Å²) in [6.07, 6.45) is -1.68. The molecule has 2 unspecified atom stereocenters. The van der Waals surface area contributed by atoms with Crippen molar-refractivity contribution in [2.75, 3.05) is 5.32 Å². The number of rotatable bonds is 3. The molecule has 12 heavy (non-hydrogen) atoms. The Morgan fingerprint density at radius 1 is 1.17 bits per heavy atom. The molecule has 2 atom stereocenters. The fourth-order valence-corrected chi connectivity index (χ4v) is 0.826. The summed E-state index contributed by atoms with van der Waals surface area (Å²) >= 11 is 0. The lowest BCUT2D eigenvalue weighted by molar-refractivity contribution is 0.0497. The molecule has 1 aromatic carbocycles. The molecule has 0 saturated heterocycles. The van der Waals surface area contributed by atoms with Gasteiger partial charge in [0.15, 0.2) is 0 Å². The van der Waals surface area contributed by atoms with Gasteiger partial charge in [-0.15, -0.1) is 0 Å². The summed E-state index contributed by atoms with van der Waals surface area (Å²) in [5.74, 6) is 0. The summed E-state index contributed by atoms with van der Waals surface area (Å²) in [6, 6.07) is 9.26. The molecule has 66 valence electrons. The van der Waals surface area contributed by atoms with Crippen LogP contribution in [0.2, 0.25) is 0 Å². The number of aliphatic hydroxyl groups excluding tert-OH is 2. The number of nitrogens with one attached hydrogen (secondary N) is 1. The highest BCUT2D eigenvalue weighted by atomic mass is 16.3. The van der Waals surface area contributed by atoms with E-state index in [1.165, 1.54) is 6.92 Å². The van der Waals surface area contributed by atoms with Crippen LogP contribution in [-0.4, -0.2) is 22.5 Å². The Hall–Kier alpha value is -1.06. The number of hydrogen-bond donors (Lipinski definition) is 3. The topological polar surface area (TPSA) is 52.5 Å². The maximum absolute atomic E-state index is 9.22. The predicted octanol–water partition coefficient (Wildman–Crippen LogP) is 0.798. The summed E-state index contributed by atoms with van der Waals surface area (Å²) in [5, 5.41) is 20.9. The highest BCUT2D eigenvalue weighted by Gasteiger charge is 2.08. The third kappa shape index (κ3) is 2.53. The second-order valence-corrected chi connectivity index (χ2v) is 2.70. The van der Waals surface area contributed by atoms with Crippen molar-refractivity contribution in [1.29, 1.82) is 0 Å². The number of aliphatic hydroxyl groups is 2. The first-order valence-corrected chi connectivity index (χ1v) is 3.88. The molecule has 1 rings (SSSR count). The molecule has 1 aromatic rings. The van der Waals surface area contributed by atoms with E-state index in [9.17, 15) is 5.11 Å². The van der Waals surface area contributed by atoms with Crippen molar-refractivity contribution in [1.82, 2.24) is 0 Å². The predicted molar refractivity (Wildman–Crippen MR) is 47.8 cm³/mol. The summed E-state index contributed by atoms with van der Waals surface area (Å²) in [7, 11) is 0. The van der Waals surface area contributed by atoms with Gasteiger partial charge in [-0.1, -0.05) is 18.2 Å². The Morgan fingerprint density at radius 3 is 2.25 bits per heavy atom. The largest absolute Gasteiger partial charge is 0.389 e. The number of benzene rings is 1. The van der Waals surface area contributed by atoms with Crippen molar-refractivity contribution < 1.29 is 10.2 Å². The van der Waals surface area contributed by atoms with E-state index in [-0.39, 0.29) is 0 Å². The zero-order valence-electron chi connectivity index (χ0n) is 6.94. The summed E-state index contributed by atoms with van der Waals surface area (Å²) in [4.78, 5) is 0. The van der Waals surface area contributed by atoms with Gasteiger partial charge >= 0.3 is 0 Å². The number of hydrogen-bond acceptors (Lipinski definition) is 3. The summed E-state index contributed by atoms with van der Waals surface area (Å²) in [5.41, 5.74) is 0.797. The van der Waals surface area contributed by atoms with Gasteiger partial charge in [0.2, 0.25) is 0 Å². The molecule has 3 heteroatoms. The normalized spacial score (nSPS) is 15.2. The average molecular weight is 167 g/mol. The number of para-hydroxylation sites is 1. The van der Waals surface area contributed by atoms with Gasteiger partial charge in [-0.3, -0.25) is 0 Å². The van der Waals surface area contributed by atoms with Gasteiger partial charge in [0.1, 0.15) is 6.23 Å². The lowest BCUT2D eigenvalue weighted by Crippen LogP contribution is -2.30. The molecule has 3 N–H and O–H groups in total. The van der Waals surface area contributed by atoms with Crippen molar-refractivity contribution in [3.8, 4) is 0 Å². The van der Waals surface area contributed by atoms with Gasteiger partial charge in [0.05, 0.1) is 6.10 Å². The molecule has 0 aromatic heterocycles. The van der Waals surface area contributed by atoms with E-state index in [0.29, 0.717) is 0 Å². The van der Waals surface area contributed by atoms with Crippen LogP contribution in [0, 0.1) is 0 Å². The van der Waals surface area contributed by atoms with E-state index in [1.807, 2.05) is 30.3 Å². The van der Waals surface area contributed by atoms with Crippen molar-refractivity contribution in [3.63, 3.8) is 0 Å². The molecule has 0 spiro atoms. The Kier molecular flexibility index (Phi) is 3.08. The minimum atomic E-state index is -0.910. The van der Waals surface area contributed by atoms with Crippen LogP contribution in [0.1, 0.15) is 6.92 Å². The first kappa shape index (κ1) is 9.03. The Bertz CT molecular complexity index is 223. The Labute approximate surface area is 71.7 Å². The molecule has 3 nitrogen and oxygen atoms in total. The van der Waals surface area contributed by atoms with Crippen LogP contribution in [0.4, 0.5) is 5.69 Å². The van der Waals surface area contributed by atoms with Gasteiger partial charge in [-0.2, -0.15) is 0 Å². The highest BCUT2D eigenvalue weighted by molar-refractivity contribution is 5.42. The molecule has 0 heterocycles. The zero-order valence-corrected chi connectivity index (χ0v) is 6.94. The maximum atomic E-state index is 9.22. The molecule has 0 aliphatic heterocycles. The maximum Gasteiger partial charge on any atom is 0.150 e. The van der Waals surface area contributed by atoms with Crippen LogP contribution in [0.25, 0.3) is 0 Å². The van der Waals surface area contributed by atoms with E-state index in [1.54, 1.807) is 0 Å². The fourth-order valence-electron chi connectivity index (χ4n) is 0.826. The molecule has 0 aliphatic carbocycles.